The number of hydrogen-bond acceptors (Lipinski definition) is 2. The van der Waals surface area contributed by atoms with Gasteiger partial charge in [-0.2, -0.15) is 0 Å². The van der Waals surface area contributed by atoms with E-state index in [1.54, 1.807) is 17.0 Å². The number of hydrogen-bond donors (Lipinski definition) is 1. The van der Waals surface area contributed by atoms with E-state index in [4.69, 9.17) is 16.7 Å². The van der Waals surface area contributed by atoms with Crippen LogP contribution in [0.4, 0.5) is 11.4 Å². The molecule has 19 heavy (non-hydrogen) atoms. The summed E-state index contributed by atoms with van der Waals surface area (Å²) in [6, 6.07) is 14.8. The van der Waals surface area contributed by atoms with E-state index in [0.717, 1.165) is 16.9 Å². The number of carboxylic acids is 1. The summed E-state index contributed by atoms with van der Waals surface area (Å²) in [6.07, 6.45) is 0. The monoisotopic (exact) mass is 275 g/mol. The van der Waals surface area contributed by atoms with Gasteiger partial charge >= 0.3 is 5.97 Å². The van der Waals surface area contributed by atoms with Crippen LogP contribution in [-0.2, 0) is 4.79 Å². The molecule has 0 atom stereocenters. The minimum absolute atomic E-state index is 0.0908. The van der Waals surface area contributed by atoms with Gasteiger partial charge in [0.15, 0.2) is 0 Å². The normalized spacial score (nSPS) is 10.2. The number of benzene rings is 2. The highest BCUT2D eigenvalue weighted by Crippen LogP contribution is 2.28. The average molecular weight is 276 g/mol. The Hall–Kier alpha value is -2.00. The molecule has 0 saturated carbocycles. The van der Waals surface area contributed by atoms with Gasteiger partial charge < -0.3 is 10.0 Å². The molecule has 0 fully saturated rings. The number of aliphatic carboxylic acids is 1. The number of rotatable bonds is 4. The summed E-state index contributed by atoms with van der Waals surface area (Å²) in [7, 11) is 0. The van der Waals surface area contributed by atoms with Gasteiger partial charge in [-0.05, 0) is 42.8 Å². The average Bonchev–Trinajstić information content (AvgIpc) is 2.38. The summed E-state index contributed by atoms with van der Waals surface area (Å²) in [5, 5.41) is 9.71. The first-order valence-electron chi connectivity index (χ1n) is 5.88. The summed E-state index contributed by atoms with van der Waals surface area (Å²) < 4.78 is 0. The molecule has 1 N–H and O–H groups in total. The number of nitrogens with zero attached hydrogens (tertiary/aromatic N) is 1. The molecule has 0 bridgehead atoms. The van der Waals surface area contributed by atoms with Crippen molar-refractivity contribution in [1.82, 2.24) is 0 Å². The van der Waals surface area contributed by atoms with Gasteiger partial charge in [0.1, 0.15) is 6.54 Å². The molecule has 0 aliphatic carbocycles. The topological polar surface area (TPSA) is 40.5 Å². The fourth-order valence-corrected chi connectivity index (χ4v) is 2.06. The van der Waals surface area contributed by atoms with Crippen LogP contribution in [0.5, 0.6) is 0 Å². The van der Waals surface area contributed by atoms with Crippen molar-refractivity contribution in [2.24, 2.45) is 0 Å². The van der Waals surface area contributed by atoms with E-state index >= 15 is 0 Å². The molecule has 0 amide bonds. The van der Waals surface area contributed by atoms with Crippen molar-refractivity contribution in [2.75, 3.05) is 11.4 Å². The molecule has 0 saturated heterocycles. The van der Waals surface area contributed by atoms with Gasteiger partial charge in [-0.1, -0.05) is 29.8 Å². The van der Waals surface area contributed by atoms with E-state index in [2.05, 4.69) is 0 Å². The van der Waals surface area contributed by atoms with Crippen LogP contribution in [0.1, 0.15) is 5.56 Å². The molecular formula is C15H14ClNO2. The first kappa shape index (κ1) is 13.4. The number of aryl methyl sites for hydroxylation is 1. The van der Waals surface area contributed by atoms with Crippen molar-refractivity contribution in [3.63, 3.8) is 0 Å². The van der Waals surface area contributed by atoms with Crippen LogP contribution >= 0.6 is 11.6 Å². The maximum absolute atomic E-state index is 11.1. The lowest BCUT2D eigenvalue weighted by Crippen LogP contribution is -2.25. The Kier molecular flexibility index (Phi) is 4.07. The molecule has 0 radical (unpaired) electrons. The number of carboxylic acid groups (broad SMARTS) is 1. The lowest BCUT2D eigenvalue weighted by molar-refractivity contribution is -0.135. The van der Waals surface area contributed by atoms with Gasteiger partial charge in [-0.25, -0.2) is 0 Å². The molecule has 0 aliphatic heterocycles. The van der Waals surface area contributed by atoms with E-state index < -0.39 is 5.97 Å². The van der Waals surface area contributed by atoms with Crippen LogP contribution in [0.15, 0.2) is 48.5 Å². The van der Waals surface area contributed by atoms with Crippen molar-refractivity contribution in [3.8, 4) is 0 Å². The summed E-state index contributed by atoms with van der Waals surface area (Å²) in [4.78, 5) is 12.8. The summed E-state index contributed by atoms with van der Waals surface area (Å²) in [5.74, 6) is -0.877. The van der Waals surface area contributed by atoms with E-state index in [1.165, 1.54) is 0 Å². The molecule has 2 aromatic rings. The van der Waals surface area contributed by atoms with E-state index in [0.29, 0.717) is 5.02 Å². The number of anilines is 2. The zero-order valence-electron chi connectivity index (χ0n) is 10.5. The Balaban J connectivity index is 2.44. The predicted molar refractivity (Wildman–Crippen MR) is 77.3 cm³/mol. The largest absolute Gasteiger partial charge is 0.480 e. The highest BCUT2D eigenvalue weighted by molar-refractivity contribution is 6.30. The second-order valence-electron chi connectivity index (χ2n) is 4.24. The number of halogens is 1. The third kappa shape index (κ3) is 3.26. The molecule has 0 aliphatic rings. The third-order valence-electron chi connectivity index (χ3n) is 2.84. The van der Waals surface area contributed by atoms with Gasteiger partial charge in [0, 0.05) is 16.4 Å². The Labute approximate surface area is 117 Å². The van der Waals surface area contributed by atoms with Gasteiger partial charge in [0.2, 0.25) is 0 Å². The zero-order valence-corrected chi connectivity index (χ0v) is 11.3. The maximum Gasteiger partial charge on any atom is 0.323 e. The molecule has 0 unspecified atom stereocenters. The van der Waals surface area contributed by atoms with Crippen LogP contribution in [0.2, 0.25) is 5.02 Å². The molecule has 4 heteroatoms. The second kappa shape index (κ2) is 5.76. The van der Waals surface area contributed by atoms with Crippen LogP contribution in [0.3, 0.4) is 0 Å². The predicted octanol–water partition coefficient (Wildman–Crippen LogP) is 3.87. The van der Waals surface area contributed by atoms with Gasteiger partial charge in [0.25, 0.3) is 0 Å². The molecule has 3 nitrogen and oxygen atoms in total. The van der Waals surface area contributed by atoms with Crippen LogP contribution < -0.4 is 4.90 Å². The molecule has 98 valence electrons. The second-order valence-corrected chi connectivity index (χ2v) is 4.68. The SMILES string of the molecule is Cc1ccccc1N(CC(=O)O)c1ccc(Cl)cc1. The molecule has 2 rings (SSSR count). The van der Waals surface area contributed by atoms with Crippen molar-refractivity contribution in [3.05, 3.63) is 59.1 Å². The van der Waals surface area contributed by atoms with Crippen LogP contribution in [0.25, 0.3) is 0 Å². The molecule has 2 aromatic carbocycles. The van der Waals surface area contributed by atoms with E-state index in [1.807, 2.05) is 43.3 Å². The fourth-order valence-electron chi connectivity index (χ4n) is 1.94. The molecule has 0 aromatic heterocycles. The Morgan fingerprint density at radius 1 is 1.16 bits per heavy atom. The maximum atomic E-state index is 11.1. The minimum atomic E-state index is -0.877. The molecule has 0 spiro atoms. The zero-order chi connectivity index (χ0) is 13.8. The quantitative estimate of drug-likeness (QED) is 0.921. The highest BCUT2D eigenvalue weighted by atomic mass is 35.5. The standard InChI is InChI=1S/C15H14ClNO2/c1-11-4-2-3-5-14(11)17(10-15(18)19)13-8-6-12(16)7-9-13/h2-9H,10H2,1H3,(H,18,19). The van der Waals surface area contributed by atoms with Crippen molar-refractivity contribution < 1.29 is 9.90 Å². The fraction of sp³-hybridized carbons (Fsp3) is 0.133. The molecule has 0 heterocycles. The Morgan fingerprint density at radius 2 is 1.79 bits per heavy atom. The first-order chi connectivity index (χ1) is 9.08. The lowest BCUT2D eigenvalue weighted by atomic mass is 10.1. The van der Waals surface area contributed by atoms with E-state index in [9.17, 15) is 4.79 Å². The van der Waals surface area contributed by atoms with Crippen molar-refractivity contribution >= 4 is 28.9 Å². The minimum Gasteiger partial charge on any atom is -0.480 e. The number of para-hydroxylation sites is 1. The summed E-state index contributed by atoms with van der Waals surface area (Å²) in [5.41, 5.74) is 2.71. The lowest BCUT2D eigenvalue weighted by Gasteiger charge is -2.24. The number of carbonyl (C=O) groups is 1. The smallest absolute Gasteiger partial charge is 0.323 e. The van der Waals surface area contributed by atoms with Crippen molar-refractivity contribution in [2.45, 2.75) is 6.92 Å². The summed E-state index contributed by atoms with van der Waals surface area (Å²) in [6.45, 7) is 1.87. The van der Waals surface area contributed by atoms with Crippen LogP contribution in [-0.4, -0.2) is 17.6 Å². The summed E-state index contributed by atoms with van der Waals surface area (Å²) >= 11 is 5.86. The molecular weight excluding hydrogens is 262 g/mol. The van der Waals surface area contributed by atoms with Crippen molar-refractivity contribution in [1.29, 1.82) is 0 Å². The highest BCUT2D eigenvalue weighted by Gasteiger charge is 2.14. The van der Waals surface area contributed by atoms with E-state index in [-0.39, 0.29) is 6.54 Å². The Bertz CT molecular complexity index is 581. The van der Waals surface area contributed by atoms with Gasteiger partial charge in [-0.3, -0.25) is 4.79 Å². The van der Waals surface area contributed by atoms with Gasteiger partial charge in [-0.15, -0.1) is 0 Å². The van der Waals surface area contributed by atoms with Gasteiger partial charge in [0.05, 0.1) is 0 Å². The third-order valence-corrected chi connectivity index (χ3v) is 3.09. The Morgan fingerprint density at radius 3 is 2.37 bits per heavy atom. The van der Waals surface area contributed by atoms with Crippen LogP contribution in [0, 0.1) is 6.92 Å². The first-order valence-corrected chi connectivity index (χ1v) is 6.26.